The Balaban J connectivity index is 1.42. The third kappa shape index (κ3) is 5.99. The number of thioether (sulfide) groups is 1. The molecule has 0 aliphatic carbocycles. The number of hydrogen-bond donors (Lipinski definition) is 2. The van der Waals surface area contributed by atoms with Crippen molar-refractivity contribution in [3.63, 3.8) is 0 Å². The molecule has 7 nitrogen and oxygen atoms in total. The molecule has 1 amide bonds. The molecule has 3 N–H and O–H groups in total. The number of methoxy groups -OCH3 is 1. The summed E-state index contributed by atoms with van der Waals surface area (Å²) >= 11 is 1.43. The molecule has 0 aliphatic rings. The molecule has 3 aromatic rings. The van der Waals surface area contributed by atoms with Gasteiger partial charge in [-0.1, -0.05) is 60.3 Å². The van der Waals surface area contributed by atoms with E-state index >= 15 is 0 Å². The largest absolute Gasteiger partial charge is 0.496 e. The van der Waals surface area contributed by atoms with E-state index in [-0.39, 0.29) is 5.91 Å². The lowest BCUT2D eigenvalue weighted by Crippen LogP contribution is -2.23. The Labute approximate surface area is 174 Å². The van der Waals surface area contributed by atoms with E-state index in [9.17, 15) is 4.79 Å². The molecule has 0 radical (unpaired) electrons. The fourth-order valence-electron chi connectivity index (χ4n) is 2.84. The Morgan fingerprint density at radius 1 is 1.10 bits per heavy atom. The van der Waals surface area contributed by atoms with Gasteiger partial charge in [0.1, 0.15) is 5.75 Å². The van der Waals surface area contributed by atoms with Crippen LogP contribution in [0.4, 0.5) is 0 Å². The number of para-hydroxylation sites is 1. The zero-order chi connectivity index (χ0) is 20.5. The van der Waals surface area contributed by atoms with Gasteiger partial charge in [-0.2, -0.15) is 0 Å². The van der Waals surface area contributed by atoms with E-state index < -0.39 is 0 Å². The molecule has 29 heavy (non-hydrogen) atoms. The molecule has 1 heterocycles. The van der Waals surface area contributed by atoms with Crippen LogP contribution in [-0.2, 0) is 24.2 Å². The highest BCUT2D eigenvalue weighted by atomic mass is 32.2. The van der Waals surface area contributed by atoms with Crippen LogP contribution in [0.1, 0.15) is 23.4 Å². The van der Waals surface area contributed by atoms with Crippen LogP contribution in [0.2, 0.25) is 0 Å². The molecule has 0 atom stereocenters. The molecule has 3 rings (SSSR count). The quantitative estimate of drug-likeness (QED) is 0.393. The van der Waals surface area contributed by atoms with Gasteiger partial charge >= 0.3 is 0 Å². The van der Waals surface area contributed by atoms with Crippen molar-refractivity contribution in [3.8, 4) is 5.75 Å². The van der Waals surface area contributed by atoms with Crippen LogP contribution in [-0.4, -0.2) is 33.6 Å². The van der Waals surface area contributed by atoms with E-state index in [0.717, 1.165) is 23.6 Å². The van der Waals surface area contributed by atoms with E-state index in [0.29, 0.717) is 30.3 Å². The van der Waals surface area contributed by atoms with Crippen LogP contribution in [0, 0.1) is 0 Å². The molecule has 2 aromatic carbocycles. The van der Waals surface area contributed by atoms with Crippen LogP contribution in [0.15, 0.2) is 59.8 Å². The van der Waals surface area contributed by atoms with E-state index in [1.54, 1.807) is 7.11 Å². The van der Waals surface area contributed by atoms with E-state index in [1.165, 1.54) is 22.0 Å². The first kappa shape index (κ1) is 20.7. The smallest absolute Gasteiger partial charge is 0.221 e. The lowest BCUT2D eigenvalue weighted by Gasteiger charge is -2.09. The average molecular weight is 412 g/mol. The number of hydrogen-bond acceptors (Lipinski definition) is 6. The van der Waals surface area contributed by atoms with Crippen molar-refractivity contribution in [2.45, 2.75) is 31.0 Å². The van der Waals surface area contributed by atoms with Crippen LogP contribution in [0.3, 0.4) is 0 Å². The van der Waals surface area contributed by atoms with Crippen molar-refractivity contribution in [2.75, 3.05) is 18.7 Å². The minimum absolute atomic E-state index is 0.0317. The van der Waals surface area contributed by atoms with Gasteiger partial charge < -0.3 is 15.9 Å². The normalized spacial score (nSPS) is 10.7. The standard InChI is InChI=1S/C21H25N5O2S/c1-28-18-10-6-5-9-17(18)15-23-20(27)13-14-29-21-25-24-19(26(21)22)12-11-16-7-3-2-4-8-16/h2-10H,11-15,22H2,1H3,(H,23,27). The summed E-state index contributed by atoms with van der Waals surface area (Å²) in [5.74, 6) is 8.15. The van der Waals surface area contributed by atoms with E-state index in [2.05, 4.69) is 27.6 Å². The second-order valence-corrected chi connectivity index (χ2v) is 7.50. The highest BCUT2D eigenvalue weighted by Gasteiger charge is 2.11. The van der Waals surface area contributed by atoms with Gasteiger partial charge in [0, 0.05) is 30.7 Å². The fraction of sp³-hybridized carbons (Fsp3) is 0.286. The maximum atomic E-state index is 12.1. The number of ether oxygens (including phenoxy) is 1. The Morgan fingerprint density at radius 3 is 2.66 bits per heavy atom. The number of aromatic nitrogens is 3. The predicted octanol–water partition coefficient (Wildman–Crippen LogP) is 2.58. The molecule has 0 saturated carbocycles. The van der Waals surface area contributed by atoms with Gasteiger partial charge in [0.05, 0.1) is 7.11 Å². The number of rotatable bonds is 10. The first-order valence-corrected chi connectivity index (χ1v) is 10.4. The monoisotopic (exact) mass is 411 g/mol. The summed E-state index contributed by atoms with van der Waals surface area (Å²) < 4.78 is 6.81. The number of aryl methyl sites for hydroxylation is 2. The van der Waals surface area contributed by atoms with Crippen LogP contribution in [0.25, 0.3) is 0 Å². The highest BCUT2D eigenvalue weighted by molar-refractivity contribution is 7.99. The Kier molecular flexibility index (Phi) is 7.52. The molecule has 0 unspecified atom stereocenters. The molecule has 0 aliphatic heterocycles. The molecule has 0 fully saturated rings. The third-order valence-electron chi connectivity index (χ3n) is 4.44. The fourth-order valence-corrected chi connectivity index (χ4v) is 3.66. The van der Waals surface area contributed by atoms with Crippen LogP contribution >= 0.6 is 11.8 Å². The number of benzene rings is 2. The molecule has 0 saturated heterocycles. The average Bonchev–Trinajstić information content (AvgIpc) is 3.11. The van der Waals surface area contributed by atoms with Gasteiger partial charge in [-0.25, -0.2) is 4.68 Å². The molecule has 1 aromatic heterocycles. The first-order valence-electron chi connectivity index (χ1n) is 9.42. The summed E-state index contributed by atoms with van der Waals surface area (Å²) in [6.07, 6.45) is 1.94. The van der Waals surface area contributed by atoms with Gasteiger partial charge in [-0.15, -0.1) is 10.2 Å². The molecular formula is C21H25N5O2S. The summed E-state index contributed by atoms with van der Waals surface area (Å²) in [4.78, 5) is 12.1. The Bertz CT molecular complexity index is 930. The maximum absolute atomic E-state index is 12.1. The number of carbonyl (C=O) groups is 1. The van der Waals surface area contributed by atoms with Crippen molar-refractivity contribution in [2.24, 2.45) is 0 Å². The number of nitrogens with one attached hydrogen (secondary N) is 1. The minimum atomic E-state index is -0.0317. The van der Waals surface area contributed by atoms with Gasteiger partial charge in [-0.3, -0.25) is 4.79 Å². The van der Waals surface area contributed by atoms with Crippen molar-refractivity contribution >= 4 is 17.7 Å². The second-order valence-electron chi connectivity index (χ2n) is 6.44. The summed E-state index contributed by atoms with van der Waals surface area (Å²) in [5, 5.41) is 11.8. The summed E-state index contributed by atoms with van der Waals surface area (Å²) in [6.45, 7) is 0.435. The summed E-state index contributed by atoms with van der Waals surface area (Å²) in [6, 6.07) is 17.8. The second kappa shape index (κ2) is 10.5. The van der Waals surface area contributed by atoms with Crippen molar-refractivity contribution in [3.05, 3.63) is 71.5 Å². The van der Waals surface area contributed by atoms with E-state index in [4.69, 9.17) is 10.6 Å². The number of amides is 1. The summed E-state index contributed by atoms with van der Waals surface area (Å²) in [7, 11) is 1.62. The van der Waals surface area contributed by atoms with Gasteiger partial charge in [0.2, 0.25) is 11.1 Å². The number of nitrogen functional groups attached to an aromatic ring is 1. The topological polar surface area (TPSA) is 95.1 Å². The Hall–Kier alpha value is -3.00. The number of nitrogens with two attached hydrogens (primary N) is 1. The number of nitrogens with zero attached hydrogens (tertiary/aromatic N) is 3. The van der Waals surface area contributed by atoms with Gasteiger partial charge in [0.25, 0.3) is 0 Å². The molecule has 0 bridgehead atoms. The lowest BCUT2D eigenvalue weighted by molar-refractivity contribution is -0.120. The van der Waals surface area contributed by atoms with Gasteiger partial charge in [0.15, 0.2) is 5.82 Å². The molecule has 152 valence electrons. The van der Waals surface area contributed by atoms with Gasteiger partial charge in [-0.05, 0) is 18.1 Å². The van der Waals surface area contributed by atoms with Crippen LogP contribution in [0.5, 0.6) is 5.75 Å². The third-order valence-corrected chi connectivity index (χ3v) is 5.39. The molecular weight excluding hydrogens is 386 g/mol. The molecule has 0 spiro atoms. The SMILES string of the molecule is COc1ccccc1CNC(=O)CCSc1nnc(CCc2ccccc2)n1N. The van der Waals surface area contributed by atoms with Crippen molar-refractivity contribution in [1.29, 1.82) is 0 Å². The van der Waals surface area contributed by atoms with Crippen molar-refractivity contribution < 1.29 is 9.53 Å². The predicted molar refractivity (Wildman–Crippen MR) is 114 cm³/mol. The van der Waals surface area contributed by atoms with Crippen LogP contribution < -0.4 is 15.9 Å². The Morgan fingerprint density at radius 2 is 1.86 bits per heavy atom. The number of carbonyl (C=O) groups excluding carboxylic acids is 1. The lowest BCUT2D eigenvalue weighted by atomic mass is 10.1. The zero-order valence-electron chi connectivity index (χ0n) is 16.4. The molecule has 8 heteroatoms. The maximum Gasteiger partial charge on any atom is 0.221 e. The zero-order valence-corrected chi connectivity index (χ0v) is 17.2. The minimum Gasteiger partial charge on any atom is -0.496 e. The highest BCUT2D eigenvalue weighted by Crippen LogP contribution is 2.18. The van der Waals surface area contributed by atoms with E-state index in [1.807, 2.05) is 42.5 Å². The first-order chi connectivity index (χ1) is 14.2. The summed E-state index contributed by atoms with van der Waals surface area (Å²) in [5.41, 5.74) is 2.18. The van der Waals surface area contributed by atoms with Crippen molar-refractivity contribution in [1.82, 2.24) is 20.2 Å².